The van der Waals surface area contributed by atoms with Crippen molar-refractivity contribution in [3.05, 3.63) is 108 Å². The van der Waals surface area contributed by atoms with Gasteiger partial charge >= 0.3 is 0 Å². The van der Waals surface area contributed by atoms with Crippen LogP contribution in [0.15, 0.2) is 95.4 Å². The lowest BCUT2D eigenvalue weighted by atomic mass is 9.83. The van der Waals surface area contributed by atoms with E-state index in [1.165, 1.54) is 11.1 Å². The first-order valence-electron chi connectivity index (χ1n) is 11.1. The van der Waals surface area contributed by atoms with Crippen molar-refractivity contribution < 1.29 is 4.42 Å². The zero-order chi connectivity index (χ0) is 21.8. The van der Waals surface area contributed by atoms with Crippen molar-refractivity contribution in [2.45, 2.75) is 25.7 Å². The first-order valence-corrected chi connectivity index (χ1v) is 11.1. The van der Waals surface area contributed by atoms with Gasteiger partial charge in [-0.25, -0.2) is 4.98 Å². The van der Waals surface area contributed by atoms with E-state index in [1.807, 2.05) is 54.6 Å². The second-order valence-electron chi connectivity index (χ2n) is 8.23. The van der Waals surface area contributed by atoms with Crippen LogP contribution in [0.4, 0.5) is 0 Å². The Bertz CT molecular complexity index is 1220. The molecule has 156 valence electrons. The quantitative estimate of drug-likeness (QED) is 0.343. The van der Waals surface area contributed by atoms with Crippen molar-refractivity contribution in [3.8, 4) is 28.7 Å². The van der Waals surface area contributed by atoms with E-state index in [0.29, 0.717) is 17.4 Å². The molecule has 0 N–H and O–H groups in total. The lowest BCUT2D eigenvalue weighted by Crippen LogP contribution is -2.11. The highest BCUT2D eigenvalue weighted by Crippen LogP contribution is 2.39. The smallest absolute Gasteiger partial charge is 0.223 e. The van der Waals surface area contributed by atoms with E-state index in [1.54, 1.807) is 0 Å². The molecule has 0 saturated carbocycles. The molecule has 5 rings (SSSR count). The van der Waals surface area contributed by atoms with Crippen LogP contribution in [0, 0.1) is 17.2 Å². The summed E-state index contributed by atoms with van der Waals surface area (Å²) in [6.45, 7) is 0. The molecule has 3 aromatic carbocycles. The maximum atomic E-state index is 9.26. The summed E-state index contributed by atoms with van der Waals surface area (Å²) in [5.41, 5.74) is 6.02. The van der Waals surface area contributed by atoms with Crippen LogP contribution in [0.25, 0.3) is 28.2 Å². The standard InChI is InChI=1S/C29H24N2O/c30-20-22-11-9-10-21(18-22)19-25-16-7-8-17-26(25)29-31-27(23-12-3-1-4-13-23)28(32-29)24-14-5-2-6-15-24/h1-6,9-15,17-18,25H,7-8,16,19H2. The molecule has 3 heteroatoms. The van der Waals surface area contributed by atoms with Crippen molar-refractivity contribution in [1.29, 1.82) is 5.26 Å². The van der Waals surface area contributed by atoms with Crippen LogP contribution in [0.2, 0.25) is 0 Å². The molecule has 1 aliphatic carbocycles. The zero-order valence-corrected chi connectivity index (χ0v) is 17.9. The summed E-state index contributed by atoms with van der Waals surface area (Å²) in [4.78, 5) is 5.02. The Morgan fingerprint density at radius 1 is 0.906 bits per heavy atom. The van der Waals surface area contributed by atoms with Gasteiger partial charge in [-0.15, -0.1) is 0 Å². The second-order valence-corrected chi connectivity index (χ2v) is 8.23. The molecule has 0 spiro atoms. The number of hydrogen-bond acceptors (Lipinski definition) is 3. The summed E-state index contributed by atoms with van der Waals surface area (Å²) in [5.74, 6) is 1.84. The average Bonchev–Trinajstić information content (AvgIpc) is 3.31. The summed E-state index contributed by atoms with van der Waals surface area (Å²) >= 11 is 0. The molecule has 3 nitrogen and oxygen atoms in total. The molecule has 4 aromatic rings. The molecule has 0 bridgehead atoms. The molecule has 0 saturated heterocycles. The number of rotatable bonds is 5. The Kier molecular flexibility index (Phi) is 5.68. The van der Waals surface area contributed by atoms with Crippen LogP contribution < -0.4 is 0 Å². The Balaban J connectivity index is 1.55. The molecule has 1 aromatic heterocycles. The Morgan fingerprint density at radius 2 is 1.66 bits per heavy atom. The van der Waals surface area contributed by atoms with Crippen LogP contribution in [-0.4, -0.2) is 4.98 Å². The highest BCUT2D eigenvalue weighted by Gasteiger charge is 2.26. The number of allylic oxidation sites excluding steroid dienone is 2. The lowest BCUT2D eigenvalue weighted by molar-refractivity contribution is 0.505. The van der Waals surface area contributed by atoms with Gasteiger partial charge in [0.1, 0.15) is 5.69 Å². The van der Waals surface area contributed by atoms with E-state index in [0.717, 1.165) is 48.3 Å². The molecule has 1 atom stereocenters. The predicted molar refractivity (Wildman–Crippen MR) is 128 cm³/mol. The largest absolute Gasteiger partial charge is 0.436 e. The maximum absolute atomic E-state index is 9.26. The molecule has 0 aliphatic heterocycles. The normalized spacial score (nSPS) is 15.7. The molecule has 32 heavy (non-hydrogen) atoms. The van der Waals surface area contributed by atoms with Crippen LogP contribution in [0.1, 0.15) is 36.3 Å². The SMILES string of the molecule is N#Cc1cccc(CC2CCCC=C2c2nc(-c3ccccc3)c(-c3ccccc3)o2)c1. The monoisotopic (exact) mass is 416 g/mol. The molecular formula is C29H24N2O. The fraction of sp³-hybridized carbons (Fsp3) is 0.172. The van der Waals surface area contributed by atoms with Crippen molar-refractivity contribution in [2.24, 2.45) is 5.92 Å². The summed E-state index contributed by atoms with van der Waals surface area (Å²) in [6, 6.07) is 30.6. The van der Waals surface area contributed by atoms with Gasteiger partial charge in [-0.1, -0.05) is 78.9 Å². The van der Waals surface area contributed by atoms with Crippen LogP contribution in [0.5, 0.6) is 0 Å². The summed E-state index contributed by atoms with van der Waals surface area (Å²) in [5, 5.41) is 9.26. The minimum absolute atomic E-state index is 0.323. The minimum atomic E-state index is 0.323. The Hall–Kier alpha value is -3.90. The zero-order valence-electron chi connectivity index (χ0n) is 17.9. The summed E-state index contributed by atoms with van der Waals surface area (Å²) < 4.78 is 6.48. The van der Waals surface area contributed by atoms with E-state index in [2.05, 4.69) is 42.5 Å². The third-order valence-electron chi connectivity index (χ3n) is 6.06. The number of nitrogens with zero attached hydrogens (tertiary/aromatic N) is 2. The molecule has 1 aliphatic rings. The van der Waals surface area contributed by atoms with E-state index in [9.17, 15) is 5.26 Å². The van der Waals surface area contributed by atoms with E-state index < -0.39 is 0 Å². The second kappa shape index (κ2) is 9.08. The number of benzene rings is 3. The van der Waals surface area contributed by atoms with Gasteiger partial charge in [0.15, 0.2) is 5.76 Å². The van der Waals surface area contributed by atoms with Gasteiger partial charge in [-0.05, 0) is 49.3 Å². The van der Waals surface area contributed by atoms with Crippen LogP contribution in [-0.2, 0) is 6.42 Å². The molecule has 0 amide bonds. The van der Waals surface area contributed by atoms with Crippen molar-refractivity contribution in [3.63, 3.8) is 0 Å². The van der Waals surface area contributed by atoms with E-state index >= 15 is 0 Å². The van der Waals surface area contributed by atoms with Gasteiger partial charge in [0.25, 0.3) is 0 Å². The fourth-order valence-electron chi connectivity index (χ4n) is 4.49. The molecule has 0 fully saturated rings. The summed E-state index contributed by atoms with van der Waals surface area (Å²) in [6.07, 6.45) is 6.45. The van der Waals surface area contributed by atoms with E-state index in [4.69, 9.17) is 9.40 Å². The van der Waals surface area contributed by atoms with Crippen LogP contribution >= 0.6 is 0 Å². The number of oxazole rings is 1. The Labute approximate surface area is 188 Å². The fourth-order valence-corrected chi connectivity index (χ4v) is 4.49. The van der Waals surface area contributed by atoms with Crippen molar-refractivity contribution >= 4 is 5.57 Å². The van der Waals surface area contributed by atoms with Crippen LogP contribution in [0.3, 0.4) is 0 Å². The number of hydrogen-bond donors (Lipinski definition) is 0. The molecule has 1 unspecified atom stereocenters. The molecule has 1 heterocycles. The maximum Gasteiger partial charge on any atom is 0.223 e. The lowest BCUT2D eigenvalue weighted by Gasteiger charge is -2.22. The first-order chi connectivity index (χ1) is 15.8. The van der Waals surface area contributed by atoms with Gasteiger partial charge < -0.3 is 4.42 Å². The Morgan fingerprint density at radius 3 is 2.41 bits per heavy atom. The molecular weight excluding hydrogens is 392 g/mol. The third kappa shape index (κ3) is 4.13. The molecule has 0 radical (unpaired) electrons. The first kappa shape index (κ1) is 20.0. The predicted octanol–water partition coefficient (Wildman–Crippen LogP) is 7.31. The third-order valence-corrected chi connectivity index (χ3v) is 6.06. The van der Waals surface area contributed by atoms with Gasteiger partial charge in [-0.3, -0.25) is 0 Å². The van der Waals surface area contributed by atoms with E-state index in [-0.39, 0.29) is 0 Å². The van der Waals surface area contributed by atoms with Gasteiger partial charge in [0.05, 0.1) is 11.6 Å². The number of nitriles is 1. The van der Waals surface area contributed by atoms with Gasteiger partial charge in [-0.2, -0.15) is 5.26 Å². The number of aromatic nitrogens is 1. The van der Waals surface area contributed by atoms with Gasteiger partial charge in [0, 0.05) is 16.7 Å². The van der Waals surface area contributed by atoms with Gasteiger partial charge in [0.2, 0.25) is 5.89 Å². The highest BCUT2D eigenvalue weighted by atomic mass is 16.4. The summed E-state index contributed by atoms with van der Waals surface area (Å²) in [7, 11) is 0. The van der Waals surface area contributed by atoms with Crippen molar-refractivity contribution in [1.82, 2.24) is 4.98 Å². The van der Waals surface area contributed by atoms with Crippen molar-refractivity contribution in [2.75, 3.05) is 0 Å². The average molecular weight is 417 g/mol. The highest BCUT2D eigenvalue weighted by molar-refractivity contribution is 5.79. The topological polar surface area (TPSA) is 49.8 Å². The minimum Gasteiger partial charge on any atom is -0.436 e.